The van der Waals surface area contributed by atoms with Gasteiger partial charge in [0.15, 0.2) is 5.78 Å². The molecule has 1 aliphatic heterocycles. The first-order valence-electron chi connectivity index (χ1n) is 5.74. The predicted molar refractivity (Wildman–Crippen MR) is 70.2 cm³/mol. The highest BCUT2D eigenvalue weighted by Gasteiger charge is 2.14. The first-order valence-corrected chi connectivity index (χ1v) is 6.53. The number of hydrogen-bond donors (Lipinski definition) is 0. The normalized spacial score (nSPS) is 16.2. The molecule has 2 nitrogen and oxygen atoms in total. The maximum Gasteiger partial charge on any atom is 0.159 e. The molecule has 0 unspecified atom stereocenters. The van der Waals surface area contributed by atoms with Gasteiger partial charge in [-0.2, -0.15) is 0 Å². The lowest BCUT2D eigenvalue weighted by Crippen LogP contribution is -2.29. The number of Topliss-reactive ketones (excluding diaryl/α,β-unsaturated/α-hetero) is 1. The number of halogens is 1. The van der Waals surface area contributed by atoms with Gasteiger partial charge in [0.05, 0.1) is 5.69 Å². The van der Waals surface area contributed by atoms with Crippen molar-refractivity contribution in [2.75, 3.05) is 18.0 Å². The zero-order valence-corrected chi connectivity index (χ0v) is 11.1. The molecule has 1 aromatic rings. The van der Waals surface area contributed by atoms with Gasteiger partial charge in [0.1, 0.15) is 0 Å². The van der Waals surface area contributed by atoms with Crippen LogP contribution in [-0.4, -0.2) is 18.9 Å². The summed E-state index contributed by atoms with van der Waals surface area (Å²) in [4.78, 5) is 13.6. The number of carbonyl (C=O) groups is 1. The molecule has 1 fully saturated rings. The van der Waals surface area contributed by atoms with Gasteiger partial charge in [0.2, 0.25) is 0 Å². The van der Waals surface area contributed by atoms with E-state index >= 15 is 0 Å². The van der Waals surface area contributed by atoms with Gasteiger partial charge >= 0.3 is 0 Å². The van der Waals surface area contributed by atoms with E-state index < -0.39 is 0 Å². The van der Waals surface area contributed by atoms with E-state index in [9.17, 15) is 4.79 Å². The van der Waals surface area contributed by atoms with Crippen molar-refractivity contribution in [3.63, 3.8) is 0 Å². The van der Waals surface area contributed by atoms with Crippen LogP contribution in [0.4, 0.5) is 5.69 Å². The molecule has 1 aromatic carbocycles. The van der Waals surface area contributed by atoms with Gasteiger partial charge in [-0.3, -0.25) is 4.79 Å². The third kappa shape index (κ3) is 2.46. The Hall–Kier alpha value is -0.830. The van der Waals surface area contributed by atoms with Crippen LogP contribution in [0.3, 0.4) is 0 Å². The van der Waals surface area contributed by atoms with Crippen molar-refractivity contribution in [1.29, 1.82) is 0 Å². The first kappa shape index (κ1) is 11.6. The maximum atomic E-state index is 11.3. The molecule has 2 rings (SSSR count). The Bertz CT molecular complexity index is 397. The van der Waals surface area contributed by atoms with E-state index in [4.69, 9.17) is 0 Å². The number of piperidine rings is 1. The fraction of sp³-hybridized carbons (Fsp3) is 0.462. The highest BCUT2D eigenvalue weighted by atomic mass is 79.9. The van der Waals surface area contributed by atoms with Crippen LogP contribution in [0, 0.1) is 0 Å². The van der Waals surface area contributed by atoms with E-state index in [2.05, 4.69) is 20.8 Å². The number of hydrogen-bond acceptors (Lipinski definition) is 2. The van der Waals surface area contributed by atoms with E-state index in [1.165, 1.54) is 24.9 Å². The molecule has 1 heterocycles. The Labute approximate surface area is 105 Å². The maximum absolute atomic E-state index is 11.3. The predicted octanol–water partition coefficient (Wildman–Crippen LogP) is 3.64. The number of nitrogens with zero attached hydrogens (tertiary/aromatic N) is 1. The van der Waals surface area contributed by atoms with Crippen molar-refractivity contribution < 1.29 is 4.79 Å². The van der Waals surface area contributed by atoms with E-state index in [0.29, 0.717) is 0 Å². The quantitative estimate of drug-likeness (QED) is 0.772. The van der Waals surface area contributed by atoms with Crippen LogP contribution < -0.4 is 4.90 Å². The third-order valence-corrected chi connectivity index (χ3v) is 3.69. The van der Waals surface area contributed by atoms with Crippen LogP contribution in [0.1, 0.15) is 36.5 Å². The number of ketones is 1. The van der Waals surface area contributed by atoms with Gasteiger partial charge in [0, 0.05) is 23.1 Å². The lowest BCUT2D eigenvalue weighted by atomic mass is 10.1. The van der Waals surface area contributed by atoms with Crippen molar-refractivity contribution in [3.8, 4) is 0 Å². The van der Waals surface area contributed by atoms with Crippen LogP contribution in [0.15, 0.2) is 22.7 Å². The Morgan fingerprint density at radius 1 is 1.25 bits per heavy atom. The molecule has 0 N–H and O–H groups in total. The first-order chi connectivity index (χ1) is 7.68. The Kier molecular flexibility index (Phi) is 3.64. The molecule has 0 amide bonds. The zero-order valence-electron chi connectivity index (χ0n) is 9.50. The SMILES string of the molecule is CC(=O)c1ccc(N2CCCCC2)c(Br)c1. The zero-order chi connectivity index (χ0) is 11.5. The summed E-state index contributed by atoms with van der Waals surface area (Å²) in [6, 6.07) is 5.88. The summed E-state index contributed by atoms with van der Waals surface area (Å²) in [5, 5.41) is 0. The molecule has 0 aliphatic carbocycles. The van der Waals surface area contributed by atoms with Gasteiger partial charge in [-0.15, -0.1) is 0 Å². The third-order valence-electron chi connectivity index (χ3n) is 3.05. The molecular weight excluding hydrogens is 266 g/mol. The summed E-state index contributed by atoms with van der Waals surface area (Å²) in [6.07, 6.45) is 3.86. The molecule has 1 aliphatic rings. The van der Waals surface area contributed by atoms with Crippen molar-refractivity contribution in [2.45, 2.75) is 26.2 Å². The Balaban J connectivity index is 2.24. The lowest BCUT2D eigenvalue weighted by Gasteiger charge is -2.29. The summed E-state index contributed by atoms with van der Waals surface area (Å²) in [5.41, 5.74) is 1.98. The molecule has 0 spiro atoms. The van der Waals surface area contributed by atoms with E-state index in [1.807, 2.05) is 18.2 Å². The summed E-state index contributed by atoms with van der Waals surface area (Å²) in [7, 11) is 0. The molecule has 0 radical (unpaired) electrons. The minimum Gasteiger partial charge on any atom is -0.371 e. The number of anilines is 1. The second-order valence-electron chi connectivity index (χ2n) is 4.27. The minimum absolute atomic E-state index is 0.117. The number of rotatable bonds is 2. The highest BCUT2D eigenvalue weighted by Crippen LogP contribution is 2.29. The lowest BCUT2D eigenvalue weighted by molar-refractivity contribution is 0.101. The van der Waals surface area contributed by atoms with Crippen molar-refractivity contribution in [3.05, 3.63) is 28.2 Å². The fourth-order valence-electron chi connectivity index (χ4n) is 2.12. The van der Waals surface area contributed by atoms with Crippen molar-refractivity contribution in [1.82, 2.24) is 0 Å². The van der Waals surface area contributed by atoms with Crippen LogP contribution in [0.5, 0.6) is 0 Å². The van der Waals surface area contributed by atoms with Gasteiger partial charge in [-0.05, 0) is 60.3 Å². The summed E-state index contributed by atoms with van der Waals surface area (Å²) in [6.45, 7) is 3.85. The van der Waals surface area contributed by atoms with E-state index in [0.717, 1.165) is 23.1 Å². The van der Waals surface area contributed by atoms with Crippen LogP contribution in [0.25, 0.3) is 0 Å². The number of carbonyl (C=O) groups excluding carboxylic acids is 1. The smallest absolute Gasteiger partial charge is 0.159 e. The largest absolute Gasteiger partial charge is 0.371 e. The minimum atomic E-state index is 0.117. The molecule has 0 aromatic heterocycles. The van der Waals surface area contributed by atoms with Gasteiger partial charge < -0.3 is 4.90 Å². The molecule has 3 heteroatoms. The highest BCUT2D eigenvalue weighted by molar-refractivity contribution is 9.10. The van der Waals surface area contributed by atoms with Gasteiger partial charge in [-0.25, -0.2) is 0 Å². The van der Waals surface area contributed by atoms with E-state index in [-0.39, 0.29) is 5.78 Å². The molecule has 0 atom stereocenters. The topological polar surface area (TPSA) is 20.3 Å². The number of benzene rings is 1. The van der Waals surface area contributed by atoms with Gasteiger partial charge in [-0.1, -0.05) is 0 Å². The molecule has 86 valence electrons. The van der Waals surface area contributed by atoms with Crippen LogP contribution in [0.2, 0.25) is 0 Å². The molecular formula is C13H16BrNO. The Morgan fingerprint density at radius 3 is 2.50 bits per heavy atom. The average molecular weight is 282 g/mol. The Morgan fingerprint density at radius 2 is 1.94 bits per heavy atom. The molecule has 16 heavy (non-hydrogen) atoms. The summed E-state index contributed by atoms with van der Waals surface area (Å²) in [5.74, 6) is 0.117. The second kappa shape index (κ2) is 5.00. The van der Waals surface area contributed by atoms with Crippen molar-refractivity contribution in [2.24, 2.45) is 0 Å². The van der Waals surface area contributed by atoms with Crippen LogP contribution in [-0.2, 0) is 0 Å². The monoisotopic (exact) mass is 281 g/mol. The fourth-order valence-corrected chi connectivity index (χ4v) is 2.75. The second-order valence-corrected chi connectivity index (χ2v) is 5.12. The van der Waals surface area contributed by atoms with Gasteiger partial charge in [0.25, 0.3) is 0 Å². The van der Waals surface area contributed by atoms with Crippen molar-refractivity contribution >= 4 is 27.4 Å². The summed E-state index contributed by atoms with van der Waals surface area (Å²) < 4.78 is 1.03. The molecule has 0 bridgehead atoms. The molecule has 0 saturated carbocycles. The van der Waals surface area contributed by atoms with E-state index in [1.54, 1.807) is 6.92 Å². The summed E-state index contributed by atoms with van der Waals surface area (Å²) >= 11 is 3.56. The molecule has 1 saturated heterocycles. The average Bonchev–Trinajstić information content (AvgIpc) is 2.30. The standard InChI is InChI=1S/C13H16BrNO/c1-10(16)11-5-6-13(12(14)9-11)15-7-3-2-4-8-15/h5-6,9H,2-4,7-8H2,1H3. The van der Waals surface area contributed by atoms with Crippen LogP contribution >= 0.6 is 15.9 Å².